The van der Waals surface area contributed by atoms with Gasteiger partial charge in [0.2, 0.25) is 0 Å². The van der Waals surface area contributed by atoms with Crippen molar-refractivity contribution in [3.05, 3.63) is 27.5 Å². The summed E-state index contributed by atoms with van der Waals surface area (Å²) in [7, 11) is 1.91. The Balaban J connectivity index is 2.76. The van der Waals surface area contributed by atoms with Gasteiger partial charge in [0.15, 0.2) is 0 Å². The van der Waals surface area contributed by atoms with Gasteiger partial charge in [-0.05, 0) is 40.3 Å². The van der Waals surface area contributed by atoms with E-state index in [-0.39, 0.29) is 6.61 Å². The third-order valence-corrected chi connectivity index (χ3v) is 2.85. The van der Waals surface area contributed by atoms with Gasteiger partial charge in [0.1, 0.15) is 3.70 Å². The summed E-state index contributed by atoms with van der Waals surface area (Å²) in [5.41, 5.74) is 1.99. The summed E-state index contributed by atoms with van der Waals surface area (Å²) in [6, 6.07) is 5.88. The highest BCUT2D eigenvalue weighted by atomic mass is 127. The topological polar surface area (TPSA) is 38.0 Å². The van der Waals surface area contributed by atoms with Gasteiger partial charge in [-0.1, -0.05) is 6.07 Å². The fourth-order valence-electron chi connectivity index (χ4n) is 1.36. The molecule has 4 heteroatoms. The minimum Gasteiger partial charge on any atom is -0.392 e. The van der Waals surface area contributed by atoms with Crippen molar-refractivity contribution in [2.24, 2.45) is 7.05 Å². The number of aromatic nitrogens is 2. The lowest BCUT2D eigenvalue weighted by molar-refractivity contribution is 0.282. The molecular weight excluding hydrogens is 279 g/mol. The number of hydrogen-bond donors (Lipinski definition) is 1. The monoisotopic (exact) mass is 288 g/mol. The molecule has 0 aliphatic rings. The van der Waals surface area contributed by atoms with Gasteiger partial charge in [-0.2, -0.15) is 5.10 Å². The predicted octanol–water partition coefficient (Wildman–Crippen LogP) is 1.67. The number of rotatable bonds is 1. The normalized spacial score (nSPS) is 11.0. The van der Waals surface area contributed by atoms with E-state index in [1.807, 2.05) is 29.9 Å². The quantitative estimate of drug-likeness (QED) is 0.811. The maximum atomic E-state index is 8.96. The molecule has 2 aromatic rings. The van der Waals surface area contributed by atoms with E-state index in [0.29, 0.717) is 0 Å². The Kier molecular flexibility index (Phi) is 2.25. The van der Waals surface area contributed by atoms with Crippen LogP contribution in [0.1, 0.15) is 5.56 Å². The highest BCUT2D eigenvalue weighted by Crippen LogP contribution is 2.20. The number of aliphatic hydroxyl groups excluding tert-OH is 1. The molecule has 3 nitrogen and oxygen atoms in total. The summed E-state index contributed by atoms with van der Waals surface area (Å²) in [6.45, 7) is 0.0811. The van der Waals surface area contributed by atoms with E-state index in [2.05, 4.69) is 27.7 Å². The highest BCUT2D eigenvalue weighted by Gasteiger charge is 2.05. The molecule has 2 rings (SSSR count). The first-order chi connectivity index (χ1) is 6.22. The molecule has 0 saturated carbocycles. The molecule has 1 aromatic heterocycles. The van der Waals surface area contributed by atoms with E-state index in [1.54, 1.807) is 0 Å². The Labute approximate surface area is 89.5 Å². The number of halogens is 1. The van der Waals surface area contributed by atoms with Gasteiger partial charge in [0.25, 0.3) is 0 Å². The zero-order valence-electron chi connectivity index (χ0n) is 7.16. The lowest BCUT2D eigenvalue weighted by Crippen LogP contribution is -1.90. The highest BCUT2D eigenvalue weighted by molar-refractivity contribution is 14.1. The Morgan fingerprint density at radius 3 is 3.00 bits per heavy atom. The molecule has 1 aromatic carbocycles. The van der Waals surface area contributed by atoms with E-state index in [4.69, 9.17) is 5.11 Å². The average molecular weight is 288 g/mol. The third-order valence-electron chi connectivity index (χ3n) is 2.05. The zero-order valence-corrected chi connectivity index (χ0v) is 9.32. The number of nitrogens with zero attached hydrogens (tertiary/aromatic N) is 2. The summed E-state index contributed by atoms with van der Waals surface area (Å²) in [6.07, 6.45) is 0. The number of aliphatic hydroxyl groups is 1. The SMILES string of the molecule is Cn1nc(I)c2ccc(CO)cc21. The van der Waals surface area contributed by atoms with Gasteiger partial charge in [0.05, 0.1) is 12.1 Å². The molecule has 0 unspecified atom stereocenters. The van der Waals surface area contributed by atoms with Gasteiger partial charge >= 0.3 is 0 Å². The first-order valence-corrected chi connectivity index (χ1v) is 5.02. The minimum atomic E-state index is 0.0811. The van der Waals surface area contributed by atoms with E-state index in [1.165, 1.54) is 0 Å². The molecule has 68 valence electrons. The van der Waals surface area contributed by atoms with Crippen LogP contribution in [0.4, 0.5) is 0 Å². The number of aryl methyl sites for hydroxylation is 1. The molecule has 0 saturated heterocycles. The van der Waals surface area contributed by atoms with Crippen molar-refractivity contribution in [1.82, 2.24) is 9.78 Å². The molecule has 0 aliphatic heterocycles. The van der Waals surface area contributed by atoms with Crippen LogP contribution in [0, 0.1) is 3.70 Å². The summed E-state index contributed by atoms with van der Waals surface area (Å²) in [5, 5.41) is 14.4. The molecule has 13 heavy (non-hydrogen) atoms. The van der Waals surface area contributed by atoms with Crippen LogP contribution in [0.25, 0.3) is 10.9 Å². The summed E-state index contributed by atoms with van der Waals surface area (Å²) in [5.74, 6) is 0. The summed E-state index contributed by atoms with van der Waals surface area (Å²) < 4.78 is 2.83. The van der Waals surface area contributed by atoms with Crippen LogP contribution >= 0.6 is 22.6 Å². The first kappa shape index (κ1) is 8.96. The summed E-state index contributed by atoms with van der Waals surface area (Å²) >= 11 is 2.21. The van der Waals surface area contributed by atoms with E-state index < -0.39 is 0 Å². The Morgan fingerprint density at radius 2 is 2.31 bits per heavy atom. The van der Waals surface area contributed by atoms with Crippen molar-refractivity contribution in [2.45, 2.75) is 6.61 Å². The molecule has 0 radical (unpaired) electrons. The van der Waals surface area contributed by atoms with Gasteiger partial charge in [-0.25, -0.2) is 0 Å². The lowest BCUT2D eigenvalue weighted by atomic mass is 10.2. The number of benzene rings is 1. The van der Waals surface area contributed by atoms with Crippen molar-refractivity contribution in [1.29, 1.82) is 0 Å². The van der Waals surface area contributed by atoms with Crippen molar-refractivity contribution in [2.75, 3.05) is 0 Å². The van der Waals surface area contributed by atoms with Gasteiger partial charge < -0.3 is 5.11 Å². The largest absolute Gasteiger partial charge is 0.392 e. The maximum absolute atomic E-state index is 8.96. The van der Waals surface area contributed by atoms with Crippen LogP contribution < -0.4 is 0 Å². The molecule has 0 atom stereocenters. The second kappa shape index (κ2) is 3.26. The van der Waals surface area contributed by atoms with Crippen molar-refractivity contribution in [3.8, 4) is 0 Å². The lowest BCUT2D eigenvalue weighted by Gasteiger charge is -1.97. The van der Waals surface area contributed by atoms with E-state index in [0.717, 1.165) is 20.2 Å². The smallest absolute Gasteiger partial charge is 0.131 e. The fourth-order valence-corrected chi connectivity index (χ4v) is 2.14. The second-order valence-electron chi connectivity index (χ2n) is 2.92. The Bertz CT molecular complexity index is 450. The van der Waals surface area contributed by atoms with Crippen molar-refractivity contribution in [3.63, 3.8) is 0 Å². The minimum absolute atomic E-state index is 0.0811. The summed E-state index contributed by atoms with van der Waals surface area (Å²) in [4.78, 5) is 0. The molecule has 0 fully saturated rings. The molecule has 0 aliphatic carbocycles. The van der Waals surface area contributed by atoms with Crippen LogP contribution in [0.3, 0.4) is 0 Å². The molecule has 0 spiro atoms. The standard InChI is InChI=1S/C9H9IN2O/c1-12-8-4-6(5-13)2-3-7(8)9(10)11-12/h2-4,13H,5H2,1H3. The van der Waals surface area contributed by atoms with E-state index in [9.17, 15) is 0 Å². The zero-order chi connectivity index (χ0) is 9.42. The average Bonchev–Trinajstić information content (AvgIpc) is 2.42. The van der Waals surface area contributed by atoms with Crippen LogP contribution in [0.5, 0.6) is 0 Å². The predicted molar refractivity (Wildman–Crippen MR) is 59.4 cm³/mol. The number of hydrogen-bond acceptors (Lipinski definition) is 2. The van der Waals surface area contributed by atoms with Gasteiger partial charge in [-0.3, -0.25) is 4.68 Å². The van der Waals surface area contributed by atoms with Crippen LogP contribution in [0.2, 0.25) is 0 Å². The van der Waals surface area contributed by atoms with Gasteiger partial charge in [-0.15, -0.1) is 0 Å². The second-order valence-corrected chi connectivity index (χ2v) is 3.95. The van der Waals surface area contributed by atoms with E-state index >= 15 is 0 Å². The van der Waals surface area contributed by atoms with Gasteiger partial charge in [0, 0.05) is 12.4 Å². The molecule has 1 heterocycles. The Hall–Kier alpha value is -0.620. The maximum Gasteiger partial charge on any atom is 0.131 e. The third kappa shape index (κ3) is 1.44. The van der Waals surface area contributed by atoms with Crippen LogP contribution in [0.15, 0.2) is 18.2 Å². The van der Waals surface area contributed by atoms with Crippen LogP contribution in [-0.2, 0) is 13.7 Å². The fraction of sp³-hybridized carbons (Fsp3) is 0.222. The molecule has 0 bridgehead atoms. The molecular formula is C9H9IN2O. The first-order valence-electron chi connectivity index (χ1n) is 3.94. The van der Waals surface area contributed by atoms with Crippen LogP contribution in [-0.4, -0.2) is 14.9 Å². The van der Waals surface area contributed by atoms with Crippen molar-refractivity contribution < 1.29 is 5.11 Å². The number of fused-ring (bicyclic) bond motifs is 1. The molecule has 0 amide bonds. The Morgan fingerprint density at radius 1 is 1.54 bits per heavy atom. The molecule has 1 N–H and O–H groups in total. The van der Waals surface area contributed by atoms with Crippen molar-refractivity contribution >= 4 is 33.5 Å².